The first-order chi connectivity index (χ1) is 7.99. The molecule has 2 aromatic carbocycles. The van der Waals surface area contributed by atoms with Crippen LogP contribution >= 0.6 is 0 Å². The Labute approximate surface area is 94.6 Å². The zero-order valence-corrected chi connectivity index (χ0v) is 8.42. The van der Waals surface area contributed by atoms with Gasteiger partial charge >= 0.3 is 0 Å². The number of hydrogen-bond donors (Lipinski definition) is 2. The number of phenolic OH excluding ortho intramolecular Hbond substituents is 2. The van der Waals surface area contributed by atoms with Gasteiger partial charge in [0, 0.05) is 11.6 Å². The molecule has 0 bridgehead atoms. The van der Waals surface area contributed by atoms with Gasteiger partial charge in [0.05, 0.1) is 0 Å². The third-order valence-electron chi connectivity index (χ3n) is 2.25. The van der Waals surface area contributed by atoms with E-state index in [0.29, 0.717) is 0 Å². The van der Waals surface area contributed by atoms with Gasteiger partial charge in [0.2, 0.25) is 0 Å². The molecule has 0 aliphatic heterocycles. The highest BCUT2D eigenvalue weighted by atomic mass is 19.2. The molecule has 0 saturated carbocycles. The number of benzene rings is 2. The van der Waals surface area contributed by atoms with E-state index in [1.165, 1.54) is 0 Å². The Kier molecular flexibility index (Phi) is 2.67. The second-order valence-electron chi connectivity index (χ2n) is 3.46. The van der Waals surface area contributed by atoms with Crippen LogP contribution in [0.15, 0.2) is 30.3 Å². The van der Waals surface area contributed by atoms with E-state index in [4.69, 9.17) is 0 Å². The molecule has 0 radical (unpaired) electrons. The molecular weight excluding hydrogens is 233 g/mol. The molecule has 0 atom stereocenters. The van der Waals surface area contributed by atoms with Crippen LogP contribution in [0.4, 0.5) is 13.2 Å². The molecule has 0 spiro atoms. The molecular formula is C12H7F3O2. The summed E-state index contributed by atoms with van der Waals surface area (Å²) in [6, 6.07) is 5.11. The van der Waals surface area contributed by atoms with Crippen LogP contribution < -0.4 is 0 Å². The number of rotatable bonds is 1. The van der Waals surface area contributed by atoms with Crippen molar-refractivity contribution in [2.24, 2.45) is 0 Å². The van der Waals surface area contributed by atoms with Gasteiger partial charge in [0.1, 0.15) is 11.5 Å². The van der Waals surface area contributed by atoms with Crippen LogP contribution in [0.3, 0.4) is 0 Å². The minimum atomic E-state index is -1.59. The van der Waals surface area contributed by atoms with Crippen molar-refractivity contribution < 1.29 is 23.4 Å². The molecule has 0 aliphatic rings. The molecule has 17 heavy (non-hydrogen) atoms. The van der Waals surface area contributed by atoms with Crippen LogP contribution in [0, 0.1) is 17.5 Å². The van der Waals surface area contributed by atoms with Gasteiger partial charge in [0.25, 0.3) is 0 Å². The fourth-order valence-corrected chi connectivity index (χ4v) is 1.50. The van der Waals surface area contributed by atoms with Crippen molar-refractivity contribution in [1.82, 2.24) is 0 Å². The lowest BCUT2D eigenvalue weighted by Crippen LogP contribution is -1.93. The Bertz CT molecular complexity index is 562. The molecule has 0 unspecified atom stereocenters. The first-order valence-electron chi connectivity index (χ1n) is 4.66. The van der Waals surface area contributed by atoms with Gasteiger partial charge in [-0.2, -0.15) is 0 Å². The smallest absolute Gasteiger partial charge is 0.195 e. The third-order valence-corrected chi connectivity index (χ3v) is 2.25. The number of hydrogen-bond acceptors (Lipinski definition) is 2. The van der Waals surface area contributed by atoms with Gasteiger partial charge in [-0.25, -0.2) is 13.2 Å². The zero-order valence-electron chi connectivity index (χ0n) is 8.42. The minimum Gasteiger partial charge on any atom is -0.508 e. The van der Waals surface area contributed by atoms with Crippen molar-refractivity contribution >= 4 is 0 Å². The molecule has 0 aliphatic carbocycles. The van der Waals surface area contributed by atoms with Crippen molar-refractivity contribution in [1.29, 1.82) is 0 Å². The monoisotopic (exact) mass is 240 g/mol. The Morgan fingerprint density at radius 1 is 0.765 bits per heavy atom. The molecule has 0 heterocycles. The molecule has 2 N–H and O–H groups in total. The summed E-state index contributed by atoms with van der Waals surface area (Å²) in [6.45, 7) is 0. The lowest BCUT2D eigenvalue weighted by Gasteiger charge is -2.06. The molecule has 0 aromatic heterocycles. The number of halogens is 3. The molecule has 0 amide bonds. The molecule has 88 valence electrons. The highest BCUT2D eigenvalue weighted by molar-refractivity contribution is 5.67. The second-order valence-corrected chi connectivity index (χ2v) is 3.46. The molecule has 0 saturated heterocycles. The summed E-state index contributed by atoms with van der Waals surface area (Å²) in [7, 11) is 0. The normalized spacial score (nSPS) is 10.5. The fourth-order valence-electron chi connectivity index (χ4n) is 1.50. The lowest BCUT2D eigenvalue weighted by atomic mass is 10.0. The quantitative estimate of drug-likeness (QED) is 0.751. The van der Waals surface area contributed by atoms with Crippen LogP contribution in [0.25, 0.3) is 11.1 Å². The summed E-state index contributed by atoms with van der Waals surface area (Å²) in [4.78, 5) is 0. The van der Waals surface area contributed by atoms with Crippen molar-refractivity contribution in [2.45, 2.75) is 0 Å². The van der Waals surface area contributed by atoms with Gasteiger partial charge < -0.3 is 10.2 Å². The summed E-state index contributed by atoms with van der Waals surface area (Å²) in [5.41, 5.74) is -0.186. The van der Waals surface area contributed by atoms with Crippen molar-refractivity contribution in [3.05, 3.63) is 47.8 Å². The lowest BCUT2D eigenvalue weighted by molar-refractivity contribution is 0.447. The largest absolute Gasteiger partial charge is 0.508 e. The first-order valence-corrected chi connectivity index (χ1v) is 4.66. The number of aromatic hydroxyl groups is 2. The van der Waals surface area contributed by atoms with Crippen LogP contribution in [-0.4, -0.2) is 10.2 Å². The predicted octanol–water partition coefficient (Wildman–Crippen LogP) is 3.18. The highest BCUT2D eigenvalue weighted by Gasteiger charge is 2.15. The van der Waals surface area contributed by atoms with Crippen molar-refractivity contribution in [2.75, 3.05) is 0 Å². The standard InChI is InChI=1S/C12H7F3O2/c13-10-2-1-9(11(14)12(10)15)6-3-7(16)5-8(17)4-6/h1-5,16-17H. The molecule has 2 rings (SSSR count). The minimum absolute atomic E-state index is 0.0545. The molecule has 0 fully saturated rings. The third kappa shape index (κ3) is 2.04. The summed E-state index contributed by atoms with van der Waals surface area (Å²) in [5.74, 6) is -4.86. The van der Waals surface area contributed by atoms with E-state index in [9.17, 15) is 23.4 Å². The first kappa shape index (κ1) is 11.3. The zero-order chi connectivity index (χ0) is 12.6. The van der Waals surface area contributed by atoms with Crippen LogP contribution in [0.1, 0.15) is 0 Å². The van der Waals surface area contributed by atoms with Gasteiger partial charge in [0.15, 0.2) is 17.5 Å². The van der Waals surface area contributed by atoms with Gasteiger partial charge in [-0.05, 0) is 29.8 Å². The van der Waals surface area contributed by atoms with Gasteiger partial charge in [-0.1, -0.05) is 0 Å². The average molecular weight is 240 g/mol. The maximum absolute atomic E-state index is 13.4. The fraction of sp³-hybridized carbons (Fsp3) is 0. The van der Waals surface area contributed by atoms with E-state index in [0.717, 1.165) is 30.3 Å². The van der Waals surface area contributed by atoms with E-state index in [2.05, 4.69) is 0 Å². The van der Waals surface area contributed by atoms with Gasteiger partial charge in [-0.15, -0.1) is 0 Å². The Balaban J connectivity index is 2.64. The Morgan fingerprint density at radius 3 is 1.94 bits per heavy atom. The summed E-state index contributed by atoms with van der Waals surface area (Å²) < 4.78 is 39.2. The Morgan fingerprint density at radius 2 is 1.35 bits per heavy atom. The van der Waals surface area contributed by atoms with E-state index >= 15 is 0 Å². The summed E-state index contributed by atoms with van der Waals surface area (Å²) >= 11 is 0. The highest BCUT2D eigenvalue weighted by Crippen LogP contribution is 2.31. The molecule has 2 nitrogen and oxygen atoms in total. The summed E-state index contributed by atoms with van der Waals surface area (Å²) in [5, 5.41) is 18.4. The van der Waals surface area contributed by atoms with E-state index in [1.807, 2.05) is 0 Å². The summed E-state index contributed by atoms with van der Waals surface area (Å²) in [6.07, 6.45) is 0. The second kappa shape index (κ2) is 4.01. The van der Waals surface area contributed by atoms with Crippen molar-refractivity contribution in [3.8, 4) is 22.6 Å². The topological polar surface area (TPSA) is 40.5 Å². The maximum atomic E-state index is 13.4. The van der Waals surface area contributed by atoms with Crippen LogP contribution in [0.5, 0.6) is 11.5 Å². The molecule has 2 aromatic rings. The van der Waals surface area contributed by atoms with E-state index < -0.39 is 17.5 Å². The maximum Gasteiger partial charge on any atom is 0.195 e. The molecule has 5 heteroatoms. The van der Waals surface area contributed by atoms with Gasteiger partial charge in [-0.3, -0.25) is 0 Å². The van der Waals surface area contributed by atoms with E-state index in [-0.39, 0.29) is 22.6 Å². The Hall–Kier alpha value is -2.17. The van der Waals surface area contributed by atoms with Crippen molar-refractivity contribution in [3.63, 3.8) is 0 Å². The van der Waals surface area contributed by atoms with Crippen LogP contribution in [-0.2, 0) is 0 Å². The average Bonchev–Trinajstić information content (AvgIpc) is 2.24. The van der Waals surface area contributed by atoms with Crippen LogP contribution in [0.2, 0.25) is 0 Å². The number of phenols is 2. The SMILES string of the molecule is Oc1cc(O)cc(-c2ccc(F)c(F)c2F)c1. The van der Waals surface area contributed by atoms with E-state index in [1.54, 1.807) is 0 Å². The predicted molar refractivity (Wildman–Crippen MR) is 55.1 cm³/mol.